The number of hydrogen-bond donors (Lipinski definition) is 1. The van der Waals surface area contributed by atoms with E-state index in [4.69, 9.17) is 28.4 Å². The number of carbonyl (C=O) groups is 4. The molecule has 10 heterocycles. The molecule has 4 amide bonds. The fourth-order valence-electron chi connectivity index (χ4n) is 18.7. The summed E-state index contributed by atoms with van der Waals surface area (Å²) in [4.78, 5) is 86.1. The second-order valence-corrected chi connectivity index (χ2v) is 36.6. The molecule has 6 aliphatic rings. The molecule has 28 nitrogen and oxygen atoms in total. The van der Waals surface area contributed by atoms with Gasteiger partial charge in [-0.3, -0.25) is 34.0 Å². The van der Waals surface area contributed by atoms with Gasteiger partial charge in [-0.1, -0.05) is 63.2 Å². The van der Waals surface area contributed by atoms with E-state index in [1.54, 1.807) is 73.3 Å². The number of benzene rings is 6. The lowest BCUT2D eigenvalue weighted by Crippen LogP contribution is -2.46. The van der Waals surface area contributed by atoms with E-state index in [1.165, 1.54) is 44.8 Å². The maximum atomic E-state index is 14.2. The molecule has 0 spiro atoms. The zero-order valence-corrected chi connectivity index (χ0v) is 78.3. The molecule has 0 unspecified atom stereocenters. The van der Waals surface area contributed by atoms with Crippen LogP contribution in [0.3, 0.4) is 0 Å². The molecule has 0 saturated carbocycles. The molecule has 3 fully saturated rings. The predicted octanol–water partition coefficient (Wildman–Crippen LogP) is 14.1. The topological polar surface area (TPSA) is 257 Å². The highest BCUT2D eigenvalue weighted by Crippen LogP contribution is 2.46. The molecule has 1 N–H and O–H groups in total. The lowest BCUT2D eigenvalue weighted by atomic mass is 9.99. The van der Waals surface area contributed by atoms with Crippen LogP contribution in [0.2, 0.25) is 0 Å². The number of thiophene rings is 1. The van der Waals surface area contributed by atoms with E-state index >= 15 is 0 Å². The highest BCUT2D eigenvalue weighted by molar-refractivity contribution is 7.91. The first-order valence-corrected chi connectivity index (χ1v) is 47.6. The molecule has 6 aromatic carbocycles. The number of aromatic nitrogens is 4. The minimum absolute atomic E-state index is 0.00149. The second-order valence-electron chi connectivity index (χ2n) is 33.4. The van der Waals surface area contributed by atoms with Gasteiger partial charge >= 0.3 is 0 Å². The largest absolute Gasteiger partial charge is 0.493 e. The Morgan fingerprint density at radius 1 is 0.438 bits per heavy atom. The van der Waals surface area contributed by atoms with Crippen LogP contribution in [0, 0.1) is 0 Å². The Kier molecular flexibility index (Phi) is 32.8. The van der Waals surface area contributed by atoms with E-state index in [0.29, 0.717) is 103 Å². The number of anilines is 3. The normalized spacial score (nSPS) is 16.0. The molecule has 0 aliphatic carbocycles. The number of carbonyl (C=O) groups excluding carboxylic acids is 4. The van der Waals surface area contributed by atoms with E-state index in [-0.39, 0.29) is 41.8 Å². The number of likely N-dealkylation sites (N-methyl/N-ethyl adjacent to an activating group) is 3. The molecule has 130 heavy (non-hydrogen) atoms. The van der Waals surface area contributed by atoms with E-state index in [9.17, 15) is 27.6 Å². The zero-order chi connectivity index (χ0) is 91.2. The number of methoxy groups -OCH3 is 6. The average Bonchev–Trinajstić information content (AvgIpc) is 1.62. The Morgan fingerprint density at radius 2 is 0.815 bits per heavy atom. The molecule has 0 radical (unpaired) electrons. The van der Waals surface area contributed by atoms with Crippen LogP contribution in [-0.4, -0.2) is 258 Å². The van der Waals surface area contributed by atoms with Crippen molar-refractivity contribution in [3.63, 3.8) is 0 Å². The van der Waals surface area contributed by atoms with Crippen LogP contribution in [0.15, 0.2) is 198 Å². The van der Waals surface area contributed by atoms with Crippen LogP contribution in [0.1, 0.15) is 163 Å². The molecular formula is C100H124N16O12S2. The zero-order valence-electron chi connectivity index (χ0n) is 76.6. The van der Waals surface area contributed by atoms with Gasteiger partial charge in [-0.25, -0.2) is 12.7 Å². The van der Waals surface area contributed by atoms with Crippen molar-refractivity contribution >= 4 is 62.1 Å². The van der Waals surface area contributed by atoms with Gasteiger partial charge in [0.05, 0.1) is 78.7 Å². The number of ether oxygens (including phenoxy) is 6. The van der Waals surface area contributed by atoms with Gasteiger partial charge in [0, 0.05) is 207 Å². The number of rotatable bonds is 37. The molecule has 16 rings (SSSR count). The number of pyridine rings is 2. The van der Waals surface area contributed by atoms with Gasteiger partial charge in [0.25, 0.3) is 33.7 Å². The molecular weight excluding hydrogens is 1680 g/mol. The van der Waals surface area contributed by atoms with Gasteiger partial charge in [-0.15, -0.1) is 11.3 Å². The number of hydrogen-bond acceptors (Lipinski definition) is 24. The molecule has 30 heteroatoms. The lowest BCUT2D eigenvalue weighted by Gasteiger charge is -2.36. The lowest BCUT2D eigenvalue weighted by molar-refractivity contribution is 0.0678. The van der Waals surface area contributed by atoms with Crippen molar-refractivity contribution < 1.29 is 56.0 Å². The molecule has 0 bridgehead atoms. The van der Waals surface area contributed by atoms with Crippen LogP contribution in [0.5, 0.6) is 34.5 Å². The van der Waals surface area contributed by atoms with Gasteiger partial charge in [-0.2, -0.15) is 10.2 Å². The van der Waals surface area contributed by atoms with Gasteiger partial charge in [0.2, 0.25) is 0 Å². The van der Waals surface area contributed by atoms with Crippen LogP contribution in [-0.2, 0) is 42.7 Å². The summed E-state index contributed by atoms with van der Waals surface area (Å²) in [5, 5.41) is 12.2. The van der Waals surface area contributed by atoms with Gasteiger partial charge in [-0.05, 0) is 207 Å². The quantitative estimate of drug-likeness (QED) is 0.0355. The Balaban J connectivity index is 0.000000158. The monoisotopic (exact) mass is 1800 g/mol. The maximum Gasteiger partial charge on any atom is 0.255 e. The number of nitrogens with one attached hydrogen (secondary N) is 1. The maximum absolute atomic E-state index is 14.2. The van der Waals surface area contributed by atoms with E-state index < -0.39 is 10.0 Å². The molecule has 4 aromatic heterocycles. The summed E-state index contributed by atoms with van der Waals surface area (Å²) in [6.07, 6.45) is 14.6. The number of piperazine rings is 3. The SMILES string of the molecule is CCN1CCN(c2cccc3c2CN([C@H](CCCN(C)S(=O)(=O)c2cccs2)c2ccc(OC)c(OC)c2)C3=O)CC1.CCN1CCN(c2cccc3c2CN([C@H](CCCN(Cc2ccncc2)Cc2ccncc2)c2ccc(OC)c(OC)c2)C3=O)CC1.CCN1CCN(c2cccc3c2CN([C@H](CCCNC(=O)c2ccnnc2)c2ccc(OC)c(OC)c2)C3=O)CC1. The minimum Gasteiger partial charge on any atom is -0.493 e. The summed E-state index contributed by atoms with van der Waals surface area (Å²) in [6.45, 7) is 26.6. The summed E-state index contributed by atoms with van der Waals surface area (Å²) in [5.41, 5.74) is 15.0. The summed E-state index contributed by atoms with van der Waals surface area (Å²) < 4.78 is 61.2. The highest BCUT2D eigenvalue weighted by atomic mass is 32.2. The van der Waals surface area contributed by atoms with Crippen molar-refractivity contribution in [3.8, 4) is 34.5 Å². The smallest absolute Gasteiger partial charge is 0.255 e. The van der Waals surface area contributed by atoms with Crippen molar-refractivity contribution in [1.29, 1.82) is 0 Å². The fraction of sp³-hybridized carbons (Fsp3) is 0.420. The van der Waals surface area contributed by atoms with E-state index in [1.807, 2.05) is 120 Å². The first kappa shape index (κ1) is 94.3. The van der Waals surface area contributed by atoms with E-state index in [0.717, 1.165) is 192 Å². The standard InChI is InChI=1S/C38H46N6O3.C31H38N6O4.C31H40N4O5S2/c1-4-41-21-23-43(24-22-41)35-8-5-7-32-33(35)28-44(38(32)45)34(31-10-11-36(46-2)37(25-31)47-3)9-6-20-42(26-29-12-16-39-17-13-29)27-30-14-18-40-19-15-30;1-4-35-15-17-36(18-16-35)27-8-5-7-24-25(27)21-37(31(24)39)26(22-10-11-28(40-2)29(19-22)41-3)9-6-13-32-30(38)23-12-14-33-34-20-23;1-5-33-16-18-34(19-17-33)27-10-6-9-24-25(27)22-35(31(24)36)26(23-13-14-28(39-3)29(21-23)40-4)11-7-15-32(2)42(37,38)30-12-8-20-41-30/h5,7-8,10-19,25,34H,4,6,9,20-24,26-28H2,1-3H3;5,7-8,10-12,14,19-20,26H,4,6,9,13,15-18,21H2,1-3H3,(H,32,38);6,8-10,12-14,20-21,26H,5,7,11,15-19,22H2,1-4H3/t34-;2*26-/m111/s1. The molecule has 10 aromatic rings. The molecule has 688 valence electrons. The first-order valence-electron chi connectivity index (χ1n) is 45.3. The Bertz CT molecular complexity index is 5490. The fourth-order valence-corrected chi connectivity index (χ4v) is 21.1. The van der Waals surface area contributed by atoms with Crippen molar-refractivity contribution in [1.82, 2.24) is 64.1 Å². The Hall–Kier alpha value is -11.8. The predicted molar refractivity (Wildman–Crippen MR) is 508 cm³/mol. The second kappa shape index (κ2) is 45.2. The van der Waals surface area contributed by atoms with Crippen molar-refractivity contribution in [2.24, 2.45) is 0 Å². The molecule has 6 aliphatic heterocycles. The van der Waals surface area contributed by atoms with Gasteiger partial charge in [0.1, 0.15) is 4.21 Å². The third-order valence-electron chi connectivity index (χ3n) is 26.1. The van der Waals surface area contributed by atoms with Crippen LogP contribution in [0.25, 0.3) is 0 Å². The molecule has 3 saturated heterocycles. The number of nitrogens with zero attached hydrogens (tertiary/aromatic N) is 15. The van der Waals surface area contributed by atoms with Crippen molar-refractivity contribution in [3.05, 3.63) is 261 Å². The van der Waals surface area contributed by atoms with Crippen LogP contribution < -0.4 is 48.4 Å². The van der Waals surface area contributed by atoms with Crippen LogP contribution in [0.4, 0.5) is 17.1 Å². The summed E-state index contributed by atoms with van der Waals surface area (Å²) in [7, 11) is 7.80. The first-order chi connectivity index (χ1) is 63.4. The highest BCUT2D eigenvalue weighted by Gasteiger charge is 2.41. The molecule has 3 atom stereocenters. The van der Waals surface area contributed by atoms with Crippen molar-refractivity contribution in [2.75, 3.05) is 182 Å². The van der Waals surface area contributed by atoms with Crippen molar-refractivity contribution in [2.45, 2.75) is 114 Å². The van der Waals surface area contributed by atoms with Crippen LogP contribution >= 0.6 is 11.3 Å². The number of amides is 4. The summed E-state index contributed by atoms with van der Waals surface area (Å²) >= 11 is 1.22. The number of sulfonamides is 1. The third kappa shape index (κ3) is 22.3. The van der Waals surface area contributed by atoms with E-state index in [2.05, 4.69) is 134 Å². The number of fused-ring (bicyclic) bond motifs is 3. The third-order valence-corrected chi connectivity index (χ3v) is 29.3. The minimum atomic E-state index is -3.55. The Morgan fingerprint density at radius 3 is 1.16 bits per heavy atom. The van der Waals surface area contributed by atoms with Gasteiger partial charge < -0.3 is 77.8 Å². The average molecular weight is 1810 g/mol. The summed E-state index contributed by atoms with van der Waals surface area (Å²) in [5.74, 6) is 3.75. The van der Waals surface area contributed by atoms with Gasteiger partial charge in [0.15, 0.2) is 34.5 Å². The Labute approximate surface area is 769 Å². The summed E-state index contributed by atoms with van der Waals surface area (Å²) in [6, 6.07) is 48.7.